The van der Waals surface area contributed by atoms with Gasteiger partial charge in [0.15, 0.2) is 0 Å². The molecule has 0 aromatic heterocycles. The maximum atomic E-state index is 11.6. The molecule has 2 aliphatic rings. The van der Waals surface area contributed by atoms with E-state index in [9.17, 15) is 4.79 Å². The van der Waals surface area contributed by atoms with E-state index in [1.165, 1.54) is 32.2 Å². The lowest BCUT2D eigenvalue weighted by atomic mass is 10.0. The molecule has 2 aliphatic heterocycles. The number of hydrogen-bond donors (Lipinski definition) is 0. The summed E-state index contributed by atoms with van der Waals surface area (Å²) in [4.78, 5) is 16.1. The van der Waals surface area contributed by atoms with Crippen molar-refractivity contribution in [3.63, 3.8) is 0 Å². The van der Waals surface area contributed by atoms with E-state index in [0.29, 0.717) is 11.9 Å². The Kier molecular flexibility index (Phi) is 3.85. The Morgan fingerprint density at radius 2 is 2.19 bits per heavy atom. The molecule has 0 saturated carbocycles. The second-order valence-corrected chi connectivity index (χ2v) is 5.39. The van der Waals surface area contributed by atoms with E-state index in [-0.39, 0.29) is 0 Å². The molecule has 2 atom stereocenters. The maximum Gasteiger partial charge on any atom is 0.222 e. The summed E-state index contributed by atoms with van der Waals surface area (Å²) in [5.74, 6) is 0.368. The van der Waals surface area contributed by atoms with Gasteiger partial charge in [0.25, 0.3) is 0 Å². The fourth-order valence-corrected chi connectivity index (χ4v) is 3.07. The topological polar surface area (TPSA) is 23.6 Å². The molecule has 2 unspecified atom stereocenters. The van der Waals surface area contributed by atoms with Crippen molar-refractivity contribution in [2.75, 3.05) is 20.1 Å². The van der Waals surface area contributed by atoms with Crippen LogP contribution in [0.1, 0.15) is 45.4 Å². The minimum Gasteiger partial charge on any atom is -0.340 e. The van der Waals surface area contributed by atoms with Crippen molar-refractivity contribution < 1.29 is 4.79 Å². The van der Waals surface area contributed by atoms with Crippen LogP contribution in [-0.4, -0.2) is 47.9 Å². The number of rotatable bonds is 4. The van der Waals surface area contributed by atoms with Gasteiger partial charge in [-0.1, -0.05) is 0 Å². The third-order valence-corrected chi connectivity index (χ3v) is 4.23. The third-order valence-electron chi connectivity index (χ3n) is 4.23. The Balaban J connectivity index is 1.74. The summed E-state index contributed by atoms with van der Waals surface area (Å²) in [5.41, 5.74) is 0. The van der Waals surface area contributed by atoms with E-state index in [1.54, 1.807) is 0 Å². The van der Waals surface area contributed by atoms with E-state index >= 15 is 0 Å². The molecule has 0 aromatic rings. The summed E-state index contributed by atoms with van der Waals surface area (Å²) in [7, 11) is 2.23. The molecular formula is C13H24N2O. The van der Waals surface area contributed by atoms with Gasteiger partial charge in [-0.25, -0.2) is 0 Å². The third kappa shape index (κ3) is 2.57. The van der Waals surface area contributed by atoms with E-state index in [2.05, 4.69) is 23.8 Å². The molecule has 2 rings (SSSR count). The highest BCUT2D eigenvalue weighted by Gasteiger charge is 2.27. The van der Waals surface area contributed by atoms with Crippen LogP contribution in [0.3, 0.4) is 0 Å². The summed E-state index contributed by atoms with van der Waals surface area (Å²) in [5, 5.41) is 0. The van der Waals surface area contributed by atoms with Crippen LogP contribution in [0.4, 0.5) is 0 Å². The van der Waals surface area contributed by atoms with Crippen LogP contribution in [0.2, 0.25) is 0 Å². The Morgan fingerprint density at radius 3 is 2.75 bits per heavy atom. The summed E-state index contributed by atoms with van der Waals surface area (Å²) >= 11 is 0. The van der Waals surface area contributed by atoms with Crippen LogP contribution in [0.5, 0.6) is 0 Å². The zero-order chi connectivity index (χ0) is 11.5. The van der Waals surface area contributed by atoms with Crippen molar-refractivity contribution in [1.29, 1.82) is 0 Å². The second-order valence-electron chi connectivity index (χ2n) is 5.39. The number of amides is 1. The molecule has 16 heavy (non-hydrogen) atoms. The van der Waals surface area contributed by atoms with Crippen molar-refractivity contribution >= 4 is 5.91 Å². The highest BCUT2D eigenvalue weighted by molar-refractivity contribution is 5.78. The normalized spacial score (nSPS) is 29.0. The monoisotopic (exact) mass is 224 g/mol. The lowest BCUT2D eigenvalue weighted by molar-refractivity contribution is -0.129. The second kappa shape index (κ2) is 5.17. The average Bonchev–Trinajstić information content (AvgIpc) is 2.84. The first-order valence-corrected chi connectivity index (χ1v) is 6.68. The van der Waals surface area contributed by atoms with Crippen LogP contribution in [0.15, 0.2) is 0 Å². The minimum absolute atomic E-state index is 0.368. The van der Waals surface area contributed by atoms with E-state index < -0.39 is 0 Å². The SMILES string of the molecule is CC(CCC1CCCN1C)N1CCCC1=O. The summed E-state index contributed by atoms with van der Waals surface area (Å²) in [6, 6.07) is 1.21. The van der Waals surface area contributed by atoms with Crippen LogP contribution in [0, 0.1) is 0 Å². The van der Waals surface area contributed by atoms with E-state index in [0.717, 1.165) is 25.4 Å². The van der Waals surface area contributed by atoms with Crippen LogP contribution >= 0.6 is 0 Å². The number of likely N-dealkylation sites (tertiary alicyclic amines) is 2. The fraction of sp³-hybridized carbons (Fsp3) is 0.923. The molecule has 0 aromatic carbocycles. The van der Waals surface area contributed by atoms with Gasteiger partial charge >= 0.3 is 0 Å². The molecule has 3 nitrogen and oxygen atoms in total. The van der Waals surface area contributed by atoms with Crippen LogP contribution in [0.25, 0.3) is 0 Å². The van der Waals surface area contributed by atoms with Gasteiger partial charge in [-0.2, -0.15) is 0 Å². The predicted molar refractivity (Wildman–Crippen MR) is 65.3 cm³/mol. The number of carbonyl (C=O) groups excluding carboxylic acids is 1. The van der Waals surface area contributed by atoms with Gasteiger partial charge in [0.05, 0.1) is 0 Å². The lowest BCUT2D eigenvalue weighted by Gasteiger charge is -2.27. The first-order chi connectivity index (χ1) is 7.68. The van der Waals surface area contributed by atoms with E-state index in [4.69, 9.17) is 0 Å². The molecule has 0 spiro atoms. The van der Waals surface area contributed by atoms with Gasteiger partial charge in [0, 0.05) is 25.0 Å². The average molecular weight is 224 g/mol. The van der Waals surface area contributed by atoms with Gasteiger partial charge in [-0.15, -0.1) is 0 Å². The largest absolute Gasteiger partial charge is 0.340 e. The van der Waals surface area contributed by atoms with Crippen molar-refractivity contribution in [2.45, 2.75) is 57.5 Å². The summed E-state index contributed by atoms with van der Waals surface area (Å²) in [6.07, 6.45) is 6.94. The van der Waals surface area contributed by atoms with Crippen molar-refractivity contribution in [3.8, 4) is 0 Å². The number of hydrogen-bond acceptors (Lipinski definition) is 2. The summed E-state index contributed by atoms with van der Waals surface area (Å²) < 4.78 is 0. The first-order valence-electron chi connectivity index (χ1n) is 6.68. The van der Waals surface area contributed by atoms with Crippen molar-refractivity contribution in [2.24, 2.45) is 0 Å². The molecule has 0 N–H and O–H groups in total. The van der Waals surface area contributed by atoms with Gasteiger partial charge < -0.3 is 9.80 Å². The molecule has 3 heteroatoms. The van der Waals surface area contributed by atoms with Gasteiger partial charge in [-0.3, -0.25) is 4.79 Å². The smallest absolute Gasteiger partial charge is 0.222 e. The zero-order valence-electron chi connectivity index (χ0n) is 10.6. The minimum atomic E-state index is 0.368. The molecule has 2 heterocycles. The molecule has 1 amide bonds. The zero-order valence-corrected chi connectivity index (χ0v) is 10.6. The van der Waals surface area contributed by atoms with E-state index in [1.807, 2.05) is 0 Å². The van der Waals surface area contributed by atoms with Gasteiger partial charge in [0.2, 0.25) is 5.91 Å². The Morgan fingerprint density at radius 1 is 1.38 bits per heavy atom. The molecule has 2 saturated heterocycles. The Hall–Kier alpha value is -0.570. The molecule has 2 fully saturated rings. The Bertz CT molecular complexity index is 254. The Labute approximate surface area is 98.8 Å². The molecule has 0 radical (unpaired) electrons. The summed E-state index contributed by atoms with van der Waals surface area (Å²) in [6.45, 7) is 4.44. The van der Waals surface area contributed by atoms with Gasteiger partial charge in [-0.05, 0) is 52.6 Å². The highest BCUT2D eigenvalue weighted by atomic mass is 16.2. The standard InChI is InChI=1S/C13H24N2O/c1-11(15-10-4-6-13(15)16)7-8-12-5-3-9-14(12)2/h11-12H,3-10H2,1-2H3. The quantitative estimate of drug-likeness (QED) is 0.728. The van der Waals surface area contributed by atoms with Crippen LogP contribution in [-0.2, 0) is 4.79 Å². The highest BCUT2D eigenvalue weighted by Crippen LogP contribution is 2.22. The lowest BCUT2D eigenvalue weighted by Crippen LogP contribution is -2.35. The predicted octanol–water partition coefficient (Wildman–Crippen LogP) is 1.87. The fourth-order valence-electron chi connectivity index (χ4n) is 3.07. The molecule has 0 bridgehead atoms. The van der Waals surface area contributed by atoms with Crippen molar-refractivity contribution in [3.05, 3.63) is 0 Å². The number of carbonyl (C=O) groups is 1. The van der Waals surface area contributed by atoms with Gasteiger partial charge in [0.1, 0.15) is 0 Å². The molecular weight excluding hydrogens is 200 g/mol. The van der Waals surface area contributed by atoms with Crippen LogP contribution < -0.4 is 0 Å². The van der Waals surface area contributed by atoms with Crippen molar-refractivity contribution in [1.82, 2.24) is 9.80 Å². The maximum absolute atomic E-state index is 11.6. The number of nitrogens with zero attached hydrogens (tertiary/aromatic N) is 2. The molecule has 0 aliphatic carbocycles. The first kappa shape index (κ1) is 11.9. The molecule has 92 valence electrons.